The molecule has 0 unspecified atom stereocenters. The molecule has 0 aliphatic rings. The first-order valence-corrected chi connectivity index (χ1v) is 11.1. The van der Waals surface area contributed by atoms with Gasteiger partial charge in [0, 0.05) is 10.9 Å². The van der Waals surface area contributed by atoms with Crippen molar-refractivity contribution in [3.8, 4) is 17.1 Å². The summed E-state index contributed by atoms with van der Waals surface area (Å²) in [5, 5.41) is 3.41. The minimum atomic E-state index is 0.563. The third kappa shape index (κ3) is 4.62. The Labute approximate surface area is 175 Å². The fraction of sp³-hybridized carbons (Fsp3) is 0.292. The van der Waals surface area contributed by atoms with Crippen molar-refractivity contribution in [2.75, 3.05) is 6.61 Å². The number of fused-ring (bicyclic) bond motifs is 1. The lowest BCUT2D eigenvalue weighted by atomic mass is 10.0. The van der Waals surface area contributed by atoms with Gasteiger partial charge in [0.1, 0.15) is 5.69 Å². The average molecular weight is 404 g/mol. The lowest BCUT2D eigenvalue weighted by Crippen LogP contribution is -2.00. The molecule has 5 heteroatoms. The molecule has 0 aliphatic carbocycles. The summed E-state index contributed by atoms with van der Waals surface area (Å²) in [7, 11) is 0. The second-order valence-corrected chi connectivity index (χ2v) is 7.88. The van der Waals surface area contributed by atoms with Crippen molar-refractivity contribution >= 4 is 22.4 Å². The van der Waals surface area contributed by atoms with Crippen LogP contribution in [-0.4, -0.2) is 21.6 Å². The highest BCUT2D eigenvalue weighted by atomic mass is 32.1. The molecule has 2 aromatic heterocycles. The van der Waals surface area contributed by atoms with Gasteiger partial charge in [-0.15, -0.1) is 11.3 Å². The summed E-state index contributed by atoms with van der Waals surface area (Å²) in [4.78, 5) is 14.2. The van der Waals surface area contributed by atoms with E-state index in [1.165, 1.54) is 16.3 Å². The second-order valence-electron chi connectivity index (χ2n) is 6.94. The van der Waals surface area contributed by atoms with Gasteiger partial charge in [-0.25, -0.2) is 15.0 Å². The van der Waals surface area contributed by atoms with Crippen LogP contribution in [0.1, 0.15) is 36.5 Å². The van der Waals surface area contributed by atoms with Crippen molar-refractivity contribution < 1.29 is 4.74 Å². The molecule has 4 rings (SSSR count). The molecule has 0 saturated carbocycles. The molecule has 0 N–H and O–H groups in total. The van der Waals surface area contributed by atoms with Gasteiger partial charge in [0.15, 0.2) is 0 Å². The third-order valence-corrected chi connectivity index (χ3v) is 5.86. The monoisotopic (exact) mass is 403 g/mol. The molecule has 0 fully saturated rings. The topological polar surface area (TPSA) is 47.9 Å². The molecule has 4 nitrogen and oxygen atoms in total. The van der Waals surface area contributed by atoms with Crippen molar-refractivity contribution in [3.63, 3.8) is 0 Å². The normalized spacial score (nSPS) is 11.1. The lowest BCUT2D eigenvalue weighted by molar-refractivity contribution is 0.328. The van der Waals surface area contributed by atoms with Crippen molar-refractivity contribution in [3.05, 3.63) is 70.2 Å². The van der Waals surface area contributed by atoms with Crippen LogP contribution in [0.2, 0.25) is 0 Å². The van der Waals surface area contributed by atoms with Crippen molar-refractivity contribution in [1.82, 2.24) is 15.0 Å². The van der Waals surface area contributed by atoms with Gasteiger partial charge in [-0.2, -0.15) is 0 Å². The first kappa shape index (κ1) is 19.5. The largest absolute Gasteiger partial charge is 0.476 e. The summed E-state index contributed by atoms with van der Waals surface area (Å²) < 4.78 is 5.81. The minimum absolute atomic E-state index is 0.563. The van der Waals surface area contributed by atoms with Crippen LogP contribution in [-0.2, 0) is 19.3 Å². The summed E-state index contributed by atoms with van der Waals surface area (Å²) >= 11 is 1.76. The van der Waals surface area contributed by atoms with Crippen molar-refractivity contribution in [2.45, 2.75) is 39.5 Å². The van der Waals surface area contributed by atoms with Crippen LogP contribution in [0.4, 0.5) is 0 Å². The van der Waals surface area contributed by atoms with E-state index in [0.717, 1.165) is 48.0 Å². The van der Waals surface area contributed by atoms with Crippen molar-refractivity contribution in [2.24, 2.45) is 0 Å². The Kier molecular flexibility index (Phi) is 6.15. The fourth-order valence-electron chi connectivity index (χ4n) is 3.38. The van der Waals surface area contributed by atoms with Gasteiger partial charge in [-0.05, 0) is 56.4 Å². The highest BCUT2D eigenvalue weighted by Crippen LogP contribution is 2.29. The second kappa shape index (κ2) is 9.14. The van der Waals surface area contributed by atoms with Gasteiger partial charge in [0.05, 0.1) is 28.3 Å². The zero-order chi connectivity index (χ0) is 20.1. The van der Waals surface area contributed by atoms with Gasteiger partial charge in [0.2, 0.25) is 5.88 Å². The van der Waals surface area contributed by atoms with Crippen LogP contribution in [0.5, 0.6) is 5.88 Å². The highest BCUT2D eigenvalue weighted by Gasteiger charge is 2.13. The number of nitrogens with zero attached hydrogens (tertiary/aromatic N) is 3. The number of aryl methyl sites for hydroxylation is 3. The van der Waals surface area contributed by atoms with E-state index in [-0.39, 0.29) is 0 Å². The van der Waals surface area contributed by atoms with Crippen LogP contribution in [0.3, 0.4) is 0 Å². The molecule has 29 heavy (non-hydrogen) atoms. The predicted octanol–water partition coefficient (Wildman–Crippen LogP) is 5.89. The molecular weight excluding hydrogens is 378 g/mol. The Balaban J connectivity index is 1.55. The average Bonchev–Trinajstić information content (AvgIpc) is 3.22. The summed E-state index contributed by atoms with van der Waals surface area (Å²) in [5.74, 6) is 0.595. The number of thiazole rings is 1. The van der Waals surface area contributed by atoms with E-state index in [1.54, 1.807) is 11.3 Å². The fourth-order valence-corrected chi connectivity index (χ4v) is 4.16. The standard InChI is InChI=1S/C24H25N3OS/c1-3-22-25-19(16-29-22)12-8-10-17-9-7-11-18(15-17)23-24(28-4-2)27-21-14-6-5-13-20(21)26-23/h5-7,9,11,13-16H,3-4,8,10,12H2,1-2H3. The van der Waals surface area contributed by atoms with E-state index in [2.05, 4.69) is 41.6 Å². The zero-order valence-electron chi connectivity index (χ0n) is 16.9. The zero-order valence-corrected chi connectivity index (χ0v) is 17.7. The number of hydrogen-bond acceptors (Lipinski definition) is 5. The molecule has 0 radical (unpaired) electrons. The van der Waals surface area contributed by atoms with Crippen LogP contribution in [0, 0.1) is 0 Å². The lowest BCUT2D eigenvalue weighted by Gasteiger charge is -2.11. The molecule has 0 bridgehead atoms. The molecule has 148 valence electrons. The summed E-state index contributed by atoms with van der Waals surface area (Å²) in [6.45, 7) is 4.69. The Morgan fingerprint density at radius 1 is 0.897 bits per heavy atom. The maximum Gasteiger partial charge on any atom is 0.241 e. The summed E-state index contributed by atoms with van der Waals surface area (Å²) in [6.07, 6.45) is 4.12. The van der Waals surface area contributed by atoms with Gasteiger partial charge in [-0.1, -0.05) is 37.3 Å². The molecule has 2 aromatic carbocycles. The number of para-hydroxylation sites is 2. The van der Waals surface area contributed by atoms with E-state index in [9.17, 15) is 0 Å². The maximum atomic E-state index is 5.81. The van der Waals surface area contributed by atoms with Gasteiger partial charge >= 0.3 is 0 Å². The number of hydrogen-bond donors (Lipinski definition) is 0. The molecule has 2 heterocycles. The Bertz CT molecular complexity index is 1110. The van der Waals surface area contributed by atoms with Gasteiger partial charge in [-0.3, -0.25) is 0 Å². The number of rotatable bonds is 8. The third-order valence-electron chi connectivity index (χ3n) is 4.82. The number of benzene rings is 2. The van der Waals surface area contributed by atoms with Crippen LogP contribution < -0.4 is 4.74 Å². The van der Waals surface area contributed by atoms with Gasteiger partial charge < -0.3 is 4.74 Å². The molecule has 0 atom stereocenters. The Morgan fingerprint density at radius 2 is 1.72 bits per heavy atom. The number of ether oxygens (including phenoxy) is 1. The summed E-state index contributed by atoms with van der Waals surface area (Å²) in [6, 6.07) is 16.5. The Morgan fingerprint density at radius 3 is 2.48 bits per heavy atom. The van der Waals surface area contributed by atoms with Crippen LogP contribution in [0.25, 0.3) is 22.3 Å². The van der Waals surface area contributed by atoms with Crippen LogP contribution in [0.15, 0.2) is 53.9 Å². The molecule has 0 saturated heterocycles. The smallest absolute Gasteiger partial charge is 0.241 e. The first-order valence-electron chi connectivity index (χ1n) is 10.2. The molecule has 0 amide bonds. The van der Waals surface area contributed by atoms with E-state index < -0.39 is 0 Å². The SMILES string of the molecule is CCOc1nc2ccccc2nc1-c1cccc(CCCc2csc(CC)n2)c1. The first-order chi connectivity index (χ1) is 14.3. The van der Waals surface area contributed by atoms with Crippen molar-refractivity contribution in [1.29, 1.82) is 0 Å². The maximum absolute atomic E-state index is 5.81. The summed E-state index contributed by atoms with van der Waals surface area (Å²) in [5.41, 5.74) is 6.09. The molecule has 0 spiro atoms. The molecular formula is C24H25N3OS. The molecule has 4 aromatic rings. The van der Waals surface area contributed by atoms with Crippen LogP contribution >= 0.6 is 11.3 Å². The van der Waals surface area contributed by atoms with E-state index in [0.29, 0.717) is 12.5 Å². The van der Waals surface area contributed by atoms with E-state index >= 15 is 0 Å². The van der Waals surface area contributed by atoms with Gasteiger partial charge in [0.25, 0.3) is 0 Å². The van der Waals surface area contributed by atoms with E-state index in [1.807, 2.05) is 31.2 Å². The Hall–Kier alpha value is -2.79. The highest BCUT2D eigenvalue weighted by molar-refractivity contribution is 7.09. The minimum Gasteiger partial charge on any atom is -0.476 e. The quantitative estimate of drug-likeness (QED) is 0.368. The predicted molar refractivity (Wildman–Crippen MR) is 120 cm³/mol. The van der Waals surface area contributed by atoms with E-state index in [4.69, 9.17) is 14.7 Å². The number of aromatic nitrogens is 3. The molecule has 0 aliphatic heterocycles.